The van der Waals surface area contributed by atoms with E-state index in [1.54, 1.807) is 11.3 Å². The van der Waals surface area contributed by atoms with Gasteiger partial charge in [0.15, 0.2) is 5.13 Å². The molecule has 0 saturated carbocycles. The molecule has 1 fully saturated rings. The molecule has 1 aromatic carbocycles. The van der Waals surface area contributed by atoms with E-state index < -0.39 is 0 Å². The first-order valence-corrected chi connectivity index (χ1v) is 7.15. The standard InChI is InChI=1S/C14H17N3S/c1-16-7-9-17(10-8-16)14-15-13(11-18-14)12-5-3-2-4-6-12/h2-6,11H,7-10H2,1H3. The molecule has 1 saturated heterocycles. The zero-order valence-corrected chi connectivity index (χ0v) is 11.4. The van der Waals surface area contributed by atoms with Crippen LogP contribution in [-0.4, -0.2) is 43.1 Å². The van der Waals surface area contributed by atoms with Crippen LogP contribution in [0.15, 0.2) is 35.7 Å². The minimum atomic E-state index is 1.08. The summed E-state index contributed by atoms with van der Waals surface area (Å²) in [5.74, 6) is 0. The van der Waals surface area contributed by atoms with Crippen LogP contribution >= 0.6 is 11.3 Å². The molecule has 2 aromatic rings. The van der Waals surface area contributed by atoms with E-state index in [9.17, 15) is 0 Å². The van der Waals surface area contributed by atoms with Crippen molar-refractivity contribution in [1.82, 2.24) is 9.88 Å². The number of aromatic nitrogens is 1. The first-order chi connectivity index (χ1) is 8.83. The molecule has 0 bridgehead atoms. The number of hydrogen-bond donors (Lipinski definition) is 0. The van der Waals surface area contributed by atoms with Gasteiger partial charge in [-0.05, 0) is 7.05 Å². The number of nitrogens with zero attached hydrogens (tertiary/aromatic N) is 3. The molecule has 94 valence electrons. The zero-order chi connectivity index (χ0) is 12.4. The molecule has 1 aliphatic heterocycles. The van der Waals surface area contributed by atoms with E-state index in [-0.39, 0.29) is 0 Å². The lowest BCUT2D eigenvalue weighted by atomic mass is 10.2. The van der Waals surface area contributed by atoms with Crippen LogP contribution in [0.5, 0.6) is 0 Å². The molecule has 0 atom stereocenters. The Morgan fingerprint density at radius 3 is 2.50 bits per heavy atom. The van der Waals surface area contributed by atoms with Crippen LogP contribution in [-0.2, 0) is 0 Å². The van der Waals surface area contributed by atoms with Gasteiger partial charge >= 0.3 is 0 Å². The van der Waals surface area contributed by atoms with Crippen LogP contribution in [0.4, 0.5) is 5.13 Å². The summed E-state index contributed by atoms with van der Waals surface area (Å²) in [5, 5.41) is 3.31. The van der Waals surface area contributed by atoms with Crippen molar-refractivity contribution in [2.75, 3.05) is 38.1 Å². The fourth-order valence-electron chi connectivity index (χ4n) is 2.15. The third kappa shape index (κ3) is 2.40. The number of likely N-dealkylation sites (N-methyl/N-ethyl adjacent to an activating group) is 1. The summed E-state index contributed by atoms with van der Waals surface area (Å²) in [7, 11) is 2.18. The number of hydrogen-bond acceptors (Lipinski definition) is 4. The first-order valence-electron chi connectivity index (χ1n) is 6.27. The third-order valence-corrected chi connectivity index (χ3v) is 4.24. The topological polar surface area (TPSA) is 19.4 Å². The molecule has 3 nitrogen and oxygen atoms in total. The highest BCUT2D eigenvalue weighted by Crippen LogP contribution is 2.27. The van der Waals surface area contributed by atoms with E-state index >= 15 is 0 Å². The molecule has 0 aliphatic carbocycles. The second-order valence-corrected chi connectivity index (χ2v) is 5.51. The van der Waals surface area contributed by atoms with Crippen LogP contribution in [0.3, 0.4) is 0 Å². The van der Waals surface area contributed by atoms with Crippen LogP contribution in [0.1, 0.15) is 0 Å². The van der Waals surface area contributed by atoms with Crippen molar-refractivity contribution in [3.05, 3.63) is 35.7 Å². The lowest BCUT2D eigenvalue weighted by Gasteiger charge is -2.32. The molecule has 0 N–H and O–H groups in total. The molecule has 0 radical (unpaired) electrons. The van der Waals surface area contributed by atoms with Crippen LogP contribution in [0.2, 0.25) is 0 Å². The summed E-state index contributed by atoms with van der Waals surface area (Å²) in [6, 6.07) is 10.4. The minimum Gasteiger partial charge on any atom is -0.346 e. The van der Waals surface area contributed by atoms with Crippen molar-refractivity contribution in [3.63, 3.8) is 0 Å². The van der Waals surface area contributed by atoms with Crippen molar-refractivity contribution in [1.29, 1.82) is 0 Å². The second-order valence-electron chi connectivity index (χ2n) is 4.67. The first kappa shape index (κ1) is 11.7. The van der Waals surface area contributed by atoms with Gasteiger partial charge in [0.05, 0.1) is 5.69 Å². The van der Waals surface area contributed by atoms with Gasteiger partial charge in [0, 0.05) is 37.1 Å². The Hall–Kier alpha value is -1.39. The van der Waals surface area contributed by atoms with E-state index in [2.05, 4.69) is 46.5 Å². The fourth-order valence-corrected chi connectivity index (χ4v) is 3.04. The smallest absolute Gasteiger partial charge is 0.185 e. The number of rotatable bonds is 2. The summed E-state index contributed by atoms with van der Waals surface area (Å²) >= 11 is 1.75. The van der Waals surface area contributed by atoms with Gasteiger partial charge in [0.25, 0.3) is 0 Å². The van der Waals surface area contributed by atoms with Gasteiger partial charge in [-0.1, -0.05) is 30.3 Å². The van der Waals surface area contributed by atoms with E-state index in [0.717, 1.165) is 37.0 Å². The predicted octanol–water partition coefficient (Wildman–Crippen LogP) is 2.56. The highest BCUT2D eigenvalue weighted by atomic mass is 32.1. The number of benzene rings is 1. The summed E-state index contributed by atoms with van der Waals surface area (Å²) < 4.78 is 0. The van der Waals surface area contributed by atoms with Crippen molar-refractivity contribution < 1.29 is 0 Å². The average molecular weight is 259 g/mol. The third-order valence-electron chi connectivity index (χ3n) is 3.34. The van der Waals surface area contributed by atoms with Crippen molar-refractivity contribution in [2.45, 2.75) is 0 Å². The fraction of sp³-hybridized carbons (Fsp3) is 0.357. The van der Waals surface area contributed by atoms with Crippen molar-refractivity contribution in [3.8, 4) is 11.3 Å². The molecule has 4 heteroatoms. The maximum atomic E-state index is 4.76. The summed E-state index contributed by atoms with van der Waals surface area (Å²) in [4.78, 5) is 9.50. The molecular weight excluding hydrogens is 242 g/mol. The van der Waals surface area contributed by atoms with Gasteiger partial charge in [-0.3, -0.25) is 0 Å². The SMILES string of the molecule is CN1CCN(c2nc(-c3ccccc3)cs2)CC1. The Morgan fingerprint density at radius 2 is 1.78 bits per heavy atom. The van der Waals surface area contributed by atoms with Gasteiger partial charge in [-0.25, -0.2) is 4.98 Å². The Kier molecular flexibility index (Phi) is 3.30. The summed E-state index contributed by atoms with van der Waals surface area (Å²) in [6.07, 6.45) is 0. The largest absolute Gasteiger partial charge is 0.346 e. The highest BCUT2D eigenvalue weighted by molar-refractivity contribution is 7.14. The quantitative estimate of drug-likeness (QED) is 0.826. The molecule has 0 amide bonds. The zero-order valence-electron chi connectivity index (χ0n) is 10.5. The summed E-state index contributed by atoms with van der Waals surface area (Å²) in [5.41, 5.74) is 2.30. The lowest BCUT2D eigenvalue weighted by Crippen LogP contribution is -2.44. The van der Waals surface area contributed by atoms with Gasteiger partial charge in [0.2, 0.25) is 0 Å². The molecule has 0 unspecified atom stereocenters. The lowest BCUT2D eigenvalue weighted by molar-refractivity contribution is 0.313. The van der Waals surface area contributed by atoms with Gasteiger partial charge < -0.3 is 9.80 Å². The number of thiazole rings is 1. The molecule has 0 spiro atoms. The Morgan fingerprint density at radius 1 is 1.06 bits per heavy atom. The Bertz CT molecular complexity index is 501. The highest BCUT2D eigenvalue weighted by Gasteiger charge is 2.17. The molecule has 2 heterocycles. The molecule has 3 rings (SSSR count). The molecular formula is C14H17N3S. The normalized spacial score (nSPS) is 17.1. The van der Waals surface area contributed by atoms with E-state index in [1.807, 2.05) is 6.07 Å². The monoisotopic (exact) mass is 259 g/mol. The average Bonchev–Trinajstić information content (AvgIpc) is 2.90. The molecule has 1 aromatic heterocycles. The predicted molar refractivity (Wildman–Crippen MR) is 77.3 cm³/mol. The van der Waals surface area contributed by atoms with Gasteiger partial charge in [0.1, 0.15) is 0 Å². The number of piperazine rings is 1. The molecule has 1 aliphatic rings. The van der Waals surface area contributed by atoms with E-state index in [0.29, 0.717) is 0 Å². The van der Waals surface area contributed by atoms with Gasteiger partial charge in [-0.2, -0.15) is 0 Å². The number of anilines is 1. The van der Waals surface area contributed by atoms with Crippen molar-refractivity contribution >= 4 is 16.5 Å². The summed E-state index contributed by atoms with van der Waals surface area (Å²) in [6.45, 7) is 4.41. The van der Waals surface area contributed by atoms with Crippen LogP contribution < -0.4 is 4.90 Å². The van der Waals surface area contributed by atoms with Crippen molar-refractivity contribution in [2.24, 2.45) is 0 Å². The maximum Gasteiger partial charge on any atom is 0.185 e. The van der Waals surface area contributed by atoms with E-state index in [1.165, 1.54) is 5.56 Å². The van der Waals surface area contributed by atoms with E-state index in [4.69, 9.17) is 4.98 Å². The molecule has 18 heavy (non-hydrogen) atoms. The Balaban J connectivity index is 1.78. The van der Waals surface area contributed by atoms with Crippen LogP contribution in [0.25, 0.3) is 11.3 Å². The minimum absolute atomic E-state index is 1.08. The second kappa shape index (κ2) is 5.08. The van der Waals surface area contributed by atoms with Crippen LogP contribution in [0, 0.1) is 0 Å². The maximum absolute atomic E-state index is 4.76. The Labute approximate surface area is 112 Å². The van der Waals surface area contributed by atoms with Gasteiger partial charge in [-0.15, -0.1) is 11.3 Å².